The van der Waals surface area contributed by atoms with Gasteiger partial charge < -0.3 is 5.32 Å². The lowest BCUT2D eigenvalue weighted by atomic mass is 10.00. The molecule has 2 N–H and O–H groups in total. The highest BCUT2D eigenvalue weighted by atomic mass is 32.2. The predicted octanol–water partition coefficient (Wildman–Crippen LogP) is 6.25. The molecule has 1 unspecified atom stereocenters. The van der Waals surface area contributed by atoms with Gasteiger partial charge in [-0.05, 0) is 55.9 Å². The molecule has 1 aliphatic rings. The van der Waals surface area contributed by atoms with Crippen LogP contribution in [0, 0.1) is 24.4 Å². The van der Waals surface area contributed by atoms with Gasteiger partial charge in [0.25, 0.3) is 11.8 Å². The maximum Gasteiger partial charge on any atom is 0.290 e. The van der Waals surface area contributed by atoms with Gasteiger partial charge in [0, 0.05) is 10.9 Å². The standard InChI is InChI=1S/C28H25F3N4O2S/c1-16-10-13-21(17(2)14-16)28(30,31)15-33-26(36)24-20-6-3-4-8-22(20)34-35-27(24)38(32,37)23-9-5-7-19(25(23)29)18-11-12-18/h3-10,13-14,18,32H,11-12,15H2,1-2H3,(H,33,36). The maximum atomic E-state index is 15.4. The van der Waals surface area contributed by atoms with Crippen molar-refractivity contribution in [1.29, 1.82) is 4.78 Å². The highest BCUT2D eigenvalue weighted by Gasteiger charge is 2.36. The molecule has 0 saturated heterocycles. The minimum absolute atomic E-state index is 0.0110. The molecule has 1 aliphatic carbocycles. The normalized spacial score (nSPS) is 15.3. The average molecular weight is 539 g/mol. The van der Waals surface area contributed by atoms with Crippen molar-refractivity contribution in [3.8, 4) is 0 Å². The average Bonchev–Trinajstić information content (AvgIpc) is 3.72. The highest BCUT2D eigenvalue weighted by Crippen LogP contribution is 2.43. The van der Waals surface area contributed by atoms with Gasteiger partial charge >= 0.3 is 0 Å². The number of nitrogens with one attached hydrogen (secondary N) is 2. The molecule has 38 heavy (non-hydrogen) atoms. The van der Waals surface area contributed by atoms with Gasteiger partial charge in [-0.3, -0.25) is 4.79 Å². The Labute approximate surface area is 218 Å². The summed E-state index contributed by atoms with van der Waals surface area (Å²) < 4.78 is 68.2. The molecule has 1 aromatic heterocycles. The topological polar surface area (TPSA) is 95.8 Å². The number of benzene rings is 3. The summed E-state index contributed by atoms with van der Waals surface area (Å²) in [5.74, 6) is -5.20. The van der Waals surface area contributed by atoms with Gasteiger partial charge in [-0.25, -0.2) is 13.4 Å². The molecule has 0 bridgehead atoms. The van der Waals surface area contributed by atoms with E-state index in [2.05, 4.69) is 15.5 Å². The van der Waals surface area contributed by atoms with E-state index in [1.54, 1.807) is 50.2 Å². The molecule has 5 rings (SSSR count). The molecular formula is C28H25F3N4O2S. The molecule has 6 nitrogen and oxygen atoms in total. The zero-order chi connectivity index (χ0) is 27.2. The van der Waals surface area contributed by atoms with Crippen molar-refractivity contribution >= 4 is 26.5 Å². The van der Waals surface area contributed by atoms with E-state index in [1.165, 1.54) is 24.3 Å². The molecule has 4 aromatic rings. The molecule has 1 saturated carbocycles. The number of carbonyl (C=O) groups is 1. The first-order valence-corrected chi connectivity index (χ1v) is 13.6. The number of carbonyl (C=O) groups excluding carboxylic acids is 1. The maximum absolute atomic E-state index is 15.4. The summed E-state index contributed by atoms with van der Waals surface area (Å²) in [5, 5.41) is 9.72. The fourth-order valence-electron chi connectivity index (χ4n) is 4.62. The summed E-state index contributed by atoms with van der Waals surface area (Å²) in [6.07, 6.45) is 1.58. The van der Waals surface area contributed by atoms with Gasteiger partial charge in [0.2, 0.25) is 0 Å². The summed E-state index contributed by atoms with van der Waals surface area (Å²) in [7, 11) is -4.18. The molecule has 1 heterocycles. The smallest absolute Gasteiger partial charge is 0.290 e. The minimum atomic E-state index is -4.18. The number of hydrogen-bond acceptors (Lipinski definition) is 5. The molecule has 3 aromatic carbocycles. The number of aromatic nitrogens is 2. The zero-order valence-corrected chi connectivity index (χ0v) is 21.5. The summed E-state index contributed by atoms with van der Waals surface area (Å²) >= 11 is 0. The molecule has 1 fully saturated rings. The molecule has 0 radical (unpaired) electrons. The number of hydrogen-bond donors (Lipinski definition) is 2. The molecule has 0 spiro atoms. The van der Waals surface area contributed by atoms with Crippen molar-refractivity contribution in [1.82, 2.24) is 15.5 Å². The monoisotopic (exact) mass is 538 g/mol. The van der Waals surface area contributed by atoms with Gasteiger partial charge in [0.05, 0.1) is 22.5 Å². The first-order chi connectivity index (χ1) is 18.0. The fraction of sp³-hybridized carbons (Fsp3) is 0.250. The second kappa shape index (κ2) is 9.50. The lowest BCUT2D eigenvalue weighted by molar-refractivity contribution is -0.00309. The van der Waals surface area contributed by atoms with E-state index in [0.717, 1.165) is 18.4 Å². The minimum Gasteiger partial charge on any atom is -0.345 e. The Bertz CT molecular complexity index is 1690. The van der Waals surface area contributed by atoms with Gasteiger partial charge in [-0.15, -0.1) is 10.2 Å². The molecular weight excluding hydrogens is 513 g/mol. The highest BCUT2D eigenvalue weighted by molar-refractivity contribution is 7.92. The van der Waals surface area contributed by atoms with E-state index in [-0.39, 0.29) is 27.9 Å². The lowest BCUT2D eigenvalue weighted by Gasteiger charge is -2.21. The van der Waals surface area contributed by atoms with Crippen LogP contribution in [0.2, 0.25) is 0 Å². The first-order valence-electron chi connectivity index (χ1n) is 12.1. The van der Waals surface area contributed by atoms with Crippen molar-refractivity contribution in [3.63, 3.8) is 0 Å². The zero-order valence-electron chi connectivity index (χ0n) is 20.7. The Morgan fingerprint density at radius 2 is 1.82 bits per heavy atom. The summed E-state index contributed by atoms with van der Waals surface area (Å²) in [6.45, 7) is 2.31. The van der Waals surface area contributed by atoms with Crippen LogP contribution in [0.3, 0.4) is 0 Å². The van der Waals surface area contributed by atoms with Crippen LogP contribution >= 0.6 is 0 Å². The molecule has 1 amide bonds. The van der Waals surface area contributed by atoms with E-state index in [1.807, 2.05) is 0 Å². The van der Waals surface area contributed by atoms with Crippen LogP contribution in [-0.2, 0) is 15.7 Å². The number of aryl methyl sites for hydroxylation is 2. The molecule has 1 atom stereocenters. The van der Waals surface area contributed by atoms with Gasteiger partial charge in [0.15, 0.2) is 5.03 Å². The van der Waals surface area contributed by atoms with E-state index < -0.39 is 43.8 Å². The lowest BCUT2D eigenvalue weighted by Crippen LogP contribution is -2.36. The quantitative estimate of drug-likeness (QED) is 0.291. The number of fused-ring (bicyclic) bond motifs is 1. The van der Waals surface area contributed by atoms with E-state index in [4.69, 9.17) is 4.78 Å². The van der Waals surface area contributed by atoms with E-state index in [0.29, 0.717) is 11.1 Å². The van der Waals surface area contributed by atoms with E-state index >= 15 is 13.2 Å². The fourth-order valence-corrected chi connectivity index (χ4v) is 6.11. The first kappa shape index (κ1) is 25.8. The SMILES string of the molecule is Cc1ccc(C(F)(F)CNC(=O)c2c(S(=N)(=O)c3cccc(C4CC4)c3F)nnc3ccccc23)c(C)c1. The molecule has 196 valence electrons. The van der Waals surface area contributed by atoms with E-state index in [9.17, 15) is 9.00 Å². The largest absolute Gasteiger partial charge is 0.345 e. The van der Waals surface area contributed by atoms with Crippen molar-refractivity contribution in [2.45, 2.75) is 48.5 Å². The van der Waals surface area contributed by atoms with Gasteiger partial charge in [-0.1, -0.05) is 54.1 Å². The van der Waals surface area contributed by atoms with Crippen LogP contribution in [0.25, 0.3) is 10.9 Å². The third-order valence-corrected chi connectivity index (χ3v) is 8.47. The Balaban J connectivity index is 1.57. The number of rotatable bonds is 7. The predicted molar refractivity (Wildman–Crippen MR) is 137 cm³/mol. The van der Waals surface area contributed by atoms with Crippen LogP contribution in [0.5, 0.6) is 0 Å². The van der Waals surface area contributed by atoms with Crippen LogP contribution in [0.1, 0.15) is 51.4 Å². The van der Waals surface area contributed by atoms with Gasteiger partial charge in [0.1, 0.15) is 15.5 Å². The summed E-state index contributed by atoms with van der Waals surface area (Å²) in [5.41, 5.74) is 1.22. The third kappa shape index (κ3) is 4.64. The molecule has 0 aliphatic heterocycles. The van der Waals surface area contributed by atoms with Crippen molar-refractivity contribution in [3.05, 3.63) is 94.3 Å². The second-order valence-electron chi connectivity index (χ2n) is 9.59. The summed E-state index contributed by atoms with van der Waals surface area (Å²) in [4.78, 5) is 13.0. The Morgan fingerprint density at radius 1 is 1.08 bits per heavy atom. The Morgan fingerprint density at radius 3 is 2.53 bits per heavy atom. The molecule has 10 heteroatoms. The van der Waals surface area contributed by atoms with Crippen LogP contribution < -0.4 is 5.32 Å². The van der Waals surface area contributed by atoms with Gasteiger partial charge in [-0.2, -0.15) is 8.78 Å². The third-order valence-electron chi connectivity index (χ3n) is 6.70. The van der Waals surface area contributed by atoms with Crippen molar-refractivity contribution in [2.75, 3.05) is 6.54 Å². The Hall–Kier alpha value is -3.79. The van der Waals surface area contributed by atoms with Crippen LogP contribution in [-0.4, -0.2) is 26.9 Å². The summed E-state index contributed by atoms with van der Waals surface area (Å²) in [6, 6.07) is 15.1. The van der Waals surface area contributed by atoms with Crippen LogP contribution in [0.4, 0.5) is 13.2 Å². The number of nitrogens with zero attached hydrogens (tertiary/aromatic N) is 2. The number of amides is 1. The second-order valence-corrected chi connectivity index (χ2v) is 11.5. The van der Waals surface area contributed by atoms with Crippen molar-refractivity contribution < 1.29 is 22.2 Å². The Kier molecular flexibility index (Phi) is 6.46. The van der Waals surface area contributed by atoms with Crippen LogP contribution in [0.15, 0.2) is 70.6 Å². The number of alkyl halides is 2. The van der Waals surface area contributed by atoms with Crippen molar-refractivity contribution in [2.24, 2.45) is 0 Å². The number of halogens is 3.